The molecule has 0 saturated heterocycles. The molecule has 1 aliphatic heterocycles. The SMILES string of the molecule is CCOc1ccccc1N(CC(=O)N1CCc2ccccc21)S(=O)(=O)c1ccc(C)cc1. The fourth-order valence-electron chi connectivity index (χ4n) is 3.88. The third kappa shape index (κ3) is 4.21. The number of rotatable bonds is 7. The lowest BCUT2D eigenvalue weighted by Crippen LogP contribution is -2.42. The Morgan fingerprint density at radius 3 is 2.44 bits per heavy atom. The van der Waals surface area contributed by atoms with Crippen molar-refractivity contribution >= 4 is 27.3 Å². The second kappa shape index (κ2) is 9.04. The van der Waals surface area contributed by atoms with E-state index in [1.807, 2.05) is 38.1 Å². The number of amides is 1. The van der Waals surface area contributed by atoms with Crippen LogP contribution in [0.2, 0.25) is 0 Å². The van der Waals surface area contributed by atoms with Crippen molar-refractivity contribution in [2.24, 2.45) is 0 Å². The van der Waals surface area contributed by atoms with Gasteiger partial charge in [0.25, 0.3) is 10.0 Å². The summed E-state index contributed by atoms with van der Waals surface area (Å²) in [5.74, 6) is 0.136. The van der Waals surface area contributed by atoms with E-state index in [0.29, 0.717) is 24.6 Å². The lowest BCUT2D eigenvalue weighted by molar-refractivity contribution is -0.117. The van der Waals surface area contributed by atoms with Gasteiger partial charge in [0.05, 0.1) is 17.2 Å². The van der Waals surface area contributed by atoms with E-state index in [1.165, 1.54) is 0 Å². The van der Waals surface area contributed by atoms with Crippen LogP contribution < -0.4 is 13.9 Å². The van der Waals surface area contributed by atoms with Gasteiger partial charge in [0, 0.05) is 12.2 Å². The van der Waals surface area contributed by atoms with Gasteiger partial charge in [0.15, 0.2) is 0 Å². The minimum atomic E-state index is -4.01. The van der Waals surface area contributed by atoms with Crippen LogP contribution in [0.25, 0.3) is 0 Å². The number of sulfonamides is 1. The Morgan fingerprint density at radius 2 is 1.69 bits per heavy atom. The van der Waals surface area contributed by atoms with Crippen molar-refractivity contribution in [3.63, 3.8) is 0 Å². The highest BCUT2D eigenvalue weighted by atomic mass is 32.2. The first-order valence-electron chi connectivity index (χ1n) is 10.6. The van der Waals surface area contributed by atoms with Gasteiger partial charge in [0.2, 0.25) is 5.91 Å². The molecule has 0 aromatic heterocycles. The second-order valence-corrected chi connectivity index (χ2v) is 9.51. The zero-order valence-electron chi connectivity index (χ0n) is 18.2. The zero-order chi connectivity index (χ0) is 22.7. The van der Waals surface area contributed by atoms with Gasteiger partial charge in [-0.3, -0.25) is 9.10 Å². The molecule has 0 bridgehead atoms. The van der Waals surface area contributed by atoms with Crippen molar-refractivity contribution in [2.75, 3.05) is 28.9 Å². The molecule has 0 saturated carbocycles. The van der Waals surface area contributed by atoms with E-state index in [4.69, 9.17) is 4.74 Å². The van der Waals surface area contributed by atoms with E-state index in [9.17, 15) is 13.2 Å². The van der Waals surface area contributed by atoms with Gasteiger partial charge in [-0.15, -0.1) is 0 Å². The van der Waals surface area contributed by atoms with Gasteiger partial charge in [-0.25, -0.2) is 8.42 Å². The summed E-state index contributed by atoms with van der Waals surface area (Å²) in [6.07, 6.45) is 0.752. The first kappa shape index (κ1) is 21.9. The molecular formula is C25H26N2O4S. The third-order valence-electron chi connectivity index (χ3n) is 5.51. The smallest absolute Gasteiger partial charge is 0.264 e. The van der Waals surface area contributed by atoms with Crippen LogP contribution in [0.15, 0.2) is 77.7 Å². The lowest BCUT2D eigenvalue weighted by atomic mass is 10.2. The van der Waals surface area contributed by atoms with E-state index in [2.05, 4.69) is 0 Å². The Hall–Kier alpha value is -3.32. The van der Waals surface area contributed by atoms with Gasteiger partial charge < -0.3 is 9.64 Å². The van der Waals surface area contributed by atoms with Crippen LogP contribution in [0, 0.1) is 6.92 Å². The van der Waals surface area contributed by atoms with E-state index in [-0.39, 0.29) is 17.3 Å². The maximum atomic E-state index is 13.7. The molecule has 0 radical (unpaired) electrons. The number of para-hydroxylation sites is 3. The van der Waals surface area contributed by atoms with Crippen LogP contribution >= 0.6 is 0 Å². The molecule has 1 amide bonds. The summed E-state index contributed by atoms with van der Waals surface area (Å²) in [6, 6.07) is 21.3. The zero-order valence-corrected chi connectivity index (χ0v) is 19.0. The Balaban J connectivity index is 1.75. The van der Waals surface area contributed by atoms with Crippen molar-refractivity contribution in [3.05, 3.63) is 83.9 Å². The molecule has 32 heavy (non-hydrogen) atoms. The molecule has 0 unspecified atom stereocenters. The summed E-state index contributed by atoms with van der Waals surface area (Å²) in [5.41, 5.74) is 3.22. The fourth-order valence-corrected chi connectivity index (χ4v) is 5.31. The topological polar surface area (TPSA) is 66.9 Å². The third-order valence-corrected chi connectivity index (χ3v) is 7.28. The summed E-state index contributed by atoms with van der Waals surface area (Å²) in [6.45, 7) is 4.32. The number of benzene rings is 3. The van der Waals surface area contributed by atoms with Crippen molar-refractivity contribution in [3.8, 4) is 5.75 Å². The minimum absolute atomic E-state index is 0.129. The average molecular weight is 451 g/mol. The van der Waals surface area contributed by atoms with E-state index in [0.717, 1.165) is 27.5 Å². The minimum Gasteiger partial charge on any atom is -0.492 e. The Bertz CT molecular complexity index is 1220. The lowest BCUT2D eigenvalue weighted by Gasteiger charge is -2.28. The molecule has 3 aromatic rings. The summed E-state index contributed by atoms with van der Waals surface area (Å²) in [7, 11) is -4.01. The number of nitrogens with zero attached hydrogens (tertiary/aromatic N) is 2. The number of aryl methyl sites for hydroxylation is 1. The van der Waals surface area contributed by atoms with Gasteiger partial charge in [-0.2, -0.15) is 0 Å². The van der Waals surface area contributed by atoms with Crippen molar-refractivity contribution in [1.82, 2.24) is 0 Å². The van der Waals surface area contributed by atoms with Gasteiger partial charge in [-0.1, -0.05) is 48.0 Å². The number of hydrogen-bond acceptors (Lipinski definition) is 4. The largest absolute Gasteiger partial charge is 0.492 e. The molecule has 7 heteroatoms. The highest BCUT2D eigenvalue weighted by molar-refractivity contribution is 7.92. The maximum Gasteiger partial charge on any atom is 0.264 e. The molecule has 166 valence electrons. The van der Waals surface area contributed by atoms with E-state index < -0.39 is 10.0 Å². The van der Waals surface area contributed by atoms with Gasteiger partial charge in [-0.05, 0) is 56.2 Å². The molecule has 1 heterocycles. The highest BCUT2D eigenvalue weighted by Gasteiger charge is 2.33. The fraction of sp³-hybridized carbons (Fsp3) is 0.240. The first-order chi connectivity index (χ1) is 15.4. The second-order valence-electron chi connectivity index (χ2n) is 7.65. The predicted molar refractivity (Wildman–Crippen MR) is 126 cm³/mol. The average Bonchev–Trinajstić information content (AvgIpc) is 3.23. The molecule has 0 fully saturated rings. The van der Waals surface area contributed by atoms with Crippen molar-refractivity contribution in [1.29, 1.82) is 0 Å². The molecule has 0 spiro atoms. The van der Waals surface area contributed by atoms with Gasteiger partial charge >= 0.3 is 0 Å². The normalized spacial score (nSPS) is 13.0. The highest BCUT2D eigenvalue weighted by Crippen LogP contribution is 2.34. The van der Waals surface area contributed by atoms with Crippen molar-refractivity contribution in [2.45, 2.75) is 25.2 Å². The van der Waals surface area contributed by atoms with Gasteiger partial charge in [0.1, 0.15) is 12.3 Å². The number of anilines is 2. The van der Waals surface area contributed by atoms with Crippen LogP contribution in [0.5, 0.6) is 5.75 Å². The molecule has 0 aliphatic carbocycles. The maximum absolute atomic E-state index is 13.7. The van der Waals surface area contributed by atoms with E-state index in [1.54, 1.807) is 53.4 Å². The number of carbonyl (C=O) groups is 1. The molecule has 3 aromatic carbocycles. The molecule has 1 aliphatic rings. The summed E-state index contributed by atoms with van der Waals surface area (Å²) in [5, 5.41) is 0. The molecule has 6 nitrogen and oxygen atoms in total. The summed E-state index contributed by atoms with van der Waals surface area (Å²) >= 11 is 0. The van der Waals surface area contributed by atoms with Crippen LogP contribution in [0.3, 0.4) is 0 Å². The Kier molecular flexibility index (Phi) is 6.19. The van der Waals surface area contributed by atoms with E-state index >= 15 is 0 Å². The number of hydrogen-bond donors (Lipinski definition) is 0. The van der Waals surface area contributed by atoms with Crippen LogP contribution in [0.4, 0.5) is 11.4 Å². The van der Waals surface area contributed by atoms with Crippen LogP contribution in [-0.2, 0) is 21.2 Å². The quantitative estimate of drug-likeness (QED) is 0.542. The van der Waals surface area contributed by atoms with Crippen LogP contribution in [-0.4, -0.2) is 34.0 Å². The molecule has 0 atom stereocenters. The Labute approximate surface area is 189 Å². The molecule has 0 N–H and O–H groups in total. The number of carbonyl (C=O) groups excluding carboxylic acids is 1. The monoisotopic (exact) mass is 450 g/mol. The Morgan fingerprint density at radius 1 is 1.00 bits per heavy atom. The van der Waals surface area contributed by atoms with Crippen molar-refractivity contribution < 1.29 is 17.9 Å². The summed E-state index contributed by atoms with van der Waals surface area (Å²) in [4.78, 5) is 15.2. The summed E-state index contributed by atoms with van der Waals surface area (Å²) < 4.78 is 34.3. The standard InChI is InChI=1S/C25H26N2O4S/c1-3-31-24-11-7-6-10-23(24)27(32(29,30)21-14-12-19(2)13-15-21)18-25(28)26-17-16-20-8-4-5-9-22(20)26/h4-15H,3,16-18H2,1-2H3. The number of fused-ring (bicyclic) bond motifs is 1. The predicted octanol–water partition coefficient (Wildman–Crippen LogP) is 4.18. The van der Waals surface area contributed by atoms with Crippen LogP contribution in [0.1, 0.15) is 18.1 Å². The molecular weight excluding hydrogens is 424 g/mol. The first-order valence-corrected chi connectivity index (χ1v) is 12.1. The molecule has 4 rings (SSSR count). The number of ether oxygens (including phenoxy) is 1.